The molecule has 0 aromatic rings. The quantitative estimate of drug-likeness (QED) is 0.550. The van der Waals surface area contributed by atoms with Gasteiger partial charge in [0.25, 0.3) is 0 Å². The highest BCUT2D eigenvalue weighted by molar-refractivity contribution is 5.48. The maximum Gasteiger partial charge on any atom is 0.193 e. The molecule has 0 radical (unpaired) electrons. The van der Waals surface area contributed by atoms with Gasteiger partial charge < -0.3 is 5.11 Å². The van der Waals surface area contributed by atoms with Crippen molar-refractivity contribution < 1.29 is 9.59 Å². The van der Waals surface area contributed by atoms with Crippen LogP contribution in [0.5, 0.6) is 0 Å². The zero-order valence-corrected chi connectivity index (χ0v) is 6.62. The number of aliphatic hydroxyl groups excluding tert-OH is 1. The van der Waals surface area contributed by atoms with Gasteiger partial charge in [-0.3, -0.25) is 4.48 Å². The van der Waals surface area contributed by atoms with Crippen LogP contribution >= 0.6 is 0 Å². The van der Waals surface area contributed by atoms with E-state index < -0.39 is 0 Å². The summed E-state index contributed by atoms with van der Waals surface area (Å²) in [5.41, 5.74) is 0. The first-order chi connectivity index (χ1) is 4.71. The lowest BCUT2D eigenvalue weighted by atomic mass is 10.4. The van der Waals surface area contributed by atoms with Crippen LogP contribution in [0.25, 0.3) is 0 Å². The van der Waals surface area contributed by atoms with Crippen molar-refractivity contribution in [2.75, 3.05) is 19.6 Å². The molecule has 0 aliphatic carbocycles. The van der Waals surface area contributed by atoms with Crippen LogP contribution in [0.3, 0.4) is 0 Å². The van der Waals surface area contributed by atoms with E-state index in [1.54, 1.807) is 0 Å². The van der Waals surface area contributed by atoms with E-state index in [0.717, 1.165) is 19.6 Å². The van der Waals surface area contributed by atoms with Crippen LogP contribution in [-0.2, 0) is 0 Å². The van der Waals surface area contributed by atoms with Gasteiger partial charge in [-0.1, -0.05) is 0 Å². The minimum absolute atomic E-state index is 0.309. The molecule has 2 atom stereocenters. The summed E-state index contributed by atoms with van der Waals surface area (Å²) in [7, 11) is 0. The maximum absolute atomic E-state index is 9.38. The van der Waals surface area contributed by atoms with E-state index in [4.69, 9.17) is 0 Å². The zero-order valence-electron chi connectivity index (χ0n) is 6.62. The van der Waals surface area contributed by atoms with Crippen LogP contribution in [0, 0.1) is 0 Å². The minimum atomic E-state index is -0.309. The van der Waals surface area contributed by atoms with E-state index in [9.17, 15) is 5.11 Å². The van der Waals surface area contributed by atoms with Gasteiger partial charge in [-0.2, -0.15) is 0 Å². The lowest BCUT2D eigenvalue weighted by molar-refractivity contribution is -0.875. The molecule has 0 aromatic heterocycles. The molecule has 2 unspecified atom stereocenters. The number of rotatable bonds is 2. The molecule has 3 nitrogen and oxygen atoms in total. The van der Waals surface area contributed by atoms with Crippen LogP contribution in [0.4, 0.5) is 0 Å². The summed E-state index contributed by atoms with van der Waals surface area (Å²) in [6.07, 6.45) is 1.56. The van der Waals surface area contributed by atoms with E-state index in [2.05, 4.69) is 11.9 Å². The van der Waals surface area contributed by atoms with E-state index in [-0.39, 0.29) is 6.23 Å². The number of likely N-dealkylation sites (N-methyl/N-ethyl adjacent to an activating group) is 1. The summed E-state index contributed by atoms with van der Waals surface area (Å²) < 4.78 is 0.639. The van der Waals surface area contributed by atoms with E-state index >= 15 is 0 Å². The van der Waals surface area contributed by atoms with Crippen molar-refractivity contribution in [3.8, 4) is 0 Å². The fourth-order valence-electron chi connectivity index (χ4n) is 1.31. The fraction of sp³-hybridized carbons (Fsp3) is 0.857. The van der Waals surface area contributed by atoms with Crippen molar-refractivity contribution in [1.82, 2.24) is 0 Å². The third-order valence-electron chi connectivity index (χ3n) is 2.29. The van der Waals surface area contributed by atoms with Crippen molar-refractivity contribution in [1.29, 1.82) is 0 Å². The highest BCUT2D eigenvalue weighted by Crippen LogP contribution is 2.12. The molecule has 1 heterocycles. The van der Waals surface area contributed by atoms with Gasteiger partial charge in [0.2, 0.25) is 0 Å². The third kappa shape index (κ3) is 1.07. The van der Waals surface area contributed by atoms with Crippen LogP contribution in [0.2, 0.25) is 0 Å². The molecule has 0 spiro atoms. The average Bonchev–Trinajstić information content (AvgIpc) is 2.35. The first-order valence-electron chi connectivity index (χ1n) is 3.77. The summed E-state index contributed by atoms with van der Waals surface area (Å²) in [6, 6.07) is 0. The summed E-state index contributed by atoms with van der Waals surface area (Å²) in [5, 5.41) is 9.38. The van der Waals surface area contributed by atoms with Crippen LogP contribution in [0.15, 0.2) is 4.99 Å². The smallest absolute Gasteiger partial charge is 0.193 e. The molecule has 1 rings (SSSR count). The summed E-state index contributed by atoms with van der Waals surface area (Å²) in [4.78, 5) is 4.12. The molecule has 0 fully saturated rings. The highest BCUT2D eigenvalue weighted by Gasteiger charge is 2.31. The monoisotopic (exact) mass is 143 g/mol. The van der Waals surface area contributed by atoms with Gasteiger partial charge in [-0.25, -0.2) is 4.99 Å². The second-order valence-corrected chi connectivity index (χ2v) is 2.80. The normalized spacial score (nSPS) is 34.7. The van der Waals surface area contributed by atoms with Gasteiger partial charge in [0.05, 0.1) is 13.1 Å². The topological polar surface area (TPSA) is 32.6 Å². The van der Waals surface area contributed by atoms with Crippen LogP contribution in [0.1, 0.15) is 13.8 Å². The Bertz CT molecular complexity index is 145. The van der Waals surface area contributed by atoms with Crippen molar-refractivity contribution in [3.63, 3.8) is 0 Å². The van der Waals surface area contributed by atoms with E-state index in [1.807, 2.05) is 13.3 Å². The Morgan fingerprint density at radius 3 is 2.70 bits per heavy atom. The molecule has 58 valence electrons. The molecular weight excluding hydrogens is 128 g/mol. The average molecular weight is 143 g/mol. The first-order valence-corrected chi connectivity index (χ1v) is 3.77. The number of hydrogen-bond acceptors (Lipinski definition) is 2. The first kappa shape index (κ1) is 7.69. The van der Waals surface area contributed by atoms with Gasteiger partial charge >= 0.3 is 0 Å². The molecule has 10 heavy (non-hydrogen) atoms. The Morgan fingerprint density at radius 2 is 2.50 bits per heavy atom. The Labute approximate surface area is 61.6 Å². The second kappa shape index (κ2) is 2.68. The lowest BCUT2D eigenvalue weighted by Crippen LogP contribution is -2.51. The van der Waals surface area contributed by atoms with Crippen molar-refractivity contribution >= 4 is 6.34 Å². The molecule has 1 aliphatic rings. The van der Waals surface area contributed by atoms with Crippen molar-refractivity contribution in [3.05, 3.63) is 0 Å². The highest BCUT2D eigenvalue weighted by atomic mass is 16.3. The SMILES string of the molecule is CC[N+]1(C(C)O)C=NCC1. The Morgan fingerprint density at radius 1 is 1.80 bits per heavy atom. The van der Waals surface area contributed by atoms with Crippen molar-refractivity contribution in [2.24, 2.45) is 4.99 Å². The third-order valence-corrected chi connectivity index (χ3v) is 2.29. The zero-order chi connectivity index (χ0) is 7.61. The number of aliphatic hydroxyl groups is 1. The lowest BCUT2D eigenvalue weighted by Gasteiger charge is -2.31. The maximum atomic E-state index is 9.38. The molecule has 0 aromatic carbocycles. The molecule has 3 heteroatoms. The molecule has 1 aliphatic heterocycles. The predicted molar refractivity (Wildman–Crippen MR) is 40.7 cm³/mol. The van der Waals surface area contributed by atoms with Gasteiger partial charge in [0.1, 0.15) is 6.54 Å². The van der Waals surface area contributed by atoms with Gasteiger partial charge in [0.15, 0.2) is 12.6 Å². The van der Waals surface area contributed by atoms with Gasteiger partial charge in [-0.05, 0) is 6.92 Å². The largest absolute Gasteiger partial charge is 0.345 e. The Kier molecular flexibility index (Phi) is 2.06. The molecule has 0 saturated heterocycles. The van der Waals surface area contributed by atoms with Crippen LogP contribution in [-0.4, -0.2) is 41.8 Å². The summed E-state index contributed by atoms with van der Waals surface area (Å²) >= 11 is 0. The van der Waals surface area contributed by atoms with Crippen molar-refractivity contribution in [2.45, 2.75) is 20.1 Å². The number of hydrogen-bond donors (Lipinski definition) is 1. The van der Waals surface area contributed by atoms with Gasteiger partial charge in [0, 0.05) is 6.92 Å². The standard InChI is InChI=1S/C7H15N2O/c1-3-9(7(2)10)5-4-8-6-9/h6-7,10H,3-5H2,1-2H3/q+1. The molecular formula is C7H15N2O+. The van der Waals surface area contributed by atoms with E-state index in [1.165, 1.54) is 0 Å². The molecule has 0 bridgehead atoms. The predicted octanol–water partition coefficient (Wildman–Crippen LogP) is 0.203. The summed E-state index contributed by atoms with van der Waals surface area (Å²) in [5.74, 6) is 0. The van der Waals surface area contributed by atoms with Crippen LogP contribution < -0.4 is 0 Å². The Hall–Kier alpha value is -0.410. The van der Waals surface area contributed by atoms with E-state index in [0.29, 0.717) is 4.48 Å². The summed E-state index contributed by atoms with van der Waals surface area (Å²) in [6.45, 7) is 6.64. The Balaban J connectivity index is 2.68. The molecule has 1 N–H and O–H groups in total. The molecule has 0 saturated carbocycles. The number of aliphatic imine (C=N–C) groups is 1. The second-order valence-electron chi connectivity index (χ2n) is 2.80. The number of nitrogens with zero attached hydrogens (tertiary/aromatic N) is 2. The molecule has 0 amide bonds. The fourth-order valence-corrected chi connectivity index (χ4v) is 1.31. The minimum Gasteiger partial charge on any atom is -0.345 e. The van der Waals surface area contributed by atoms with Gasteiger partial charge in [-0.15, -0.1) is 0 Å². The number of quaternary nitrogens is 1.